The number of hydrogen-bond donors (Lipinski definition) is 0. The first-order valence-corrected chi connectivity index (χ1v) is 7.10. The van der Waals surface area contributed by atoms with E-state index in [2.05, 4.69) is 0 Å². The SMILES string of the molecule is Cc1ccc(C(=O)c2ccccc2C)c(OCC2CO2)c1. The normalized spacial score (nSPS) is 16.6. The highest BCUT2D eigenvalue weighted by Crippen LogP contribution is 2.25. The lowest BCUT2D eigenvalue weighted by atomic mass is 9.98. The molecule has 0 saturated carbocycles. The van der Waals surface area contributed by atoms with Crippen LogP contribution in [0.3, 0.4) is 0 Å². The Balaban J connectivity index is 1.92. The molecular formula is C18H18O3. The first-order chi connectivity index (χ1) is 10.1. The van der Waals surface area contributed by atoms with Crippen LogP contribution >= 0.6 is 0 Å². The number of rotatable bonds is 5. The van der Waals surface area contributed by atoms with Crippen molar-refractivity contribution in [1.29, 1.82) is 0 Å². The minimum Gasteiger partial charge on any atom is -0.490 e. The van der Waals surface area contributed by atoms with Gasteiger partial charge in [0, 0.05) is 5.56 Å². The van der Waals surface area contributed by atoms with Crippen molar-refractivity contribution in [3.05, 3.63) is 64.7 Å². The molecule has 1 fully saturated rings. The number of benzene rings is 2. The van der Waals surface area contributed by atoms with Crippen LogP contribution in [0.15, 0.2) is 42.5 Å². The molecule has 1 atom stereocenters. The van der Waals surface area contributed by atoms with Gasteiger partial charge in [-0.1, -0.05) is 30.3 Å². The molecule has 0 aliphatic carbocycles. The van der Waals surface area contributed by atoms with Crippen LogP contribution in [0.25, 0.3) is 0 Å². The van der Waals surface area contributed by atoms with Crippen molar-refractivity contribution in [2.45, 2.75) is 20.0 Å². The predicted molar refractivity (Wildman–Crippen MR) is 81.0 cm³/mol. The summed E-state index contributed by atoms with van der Waals surface area (Å²) in [6.45, 7) is 5.17. The molecular weight excluding hydrogens is 264 g/mol. The van der Waals surface area contributed by atoms with Gasteiger partial charge in [-0.25, -0.2) is 0 Å². The lowest BCUT2D eigenvalue weighted by Crippen LogP contribution is -2.10. The van der Waals surface area contributed by atoms with E-state index in [-0.39, 0.29) is 11.9 Å². The Morgan fingerprint density at radius 3 is 2.67 bits per heavy atom. The summed E-state index contributed by atoms with van der Waals surface area (Å²) in [7, 11) is 0. The Labute approximate surface area is 124 Å². The quantitative estimate of drug-likeness (QED) is 0.624. The van der Waals surface area contributed by atoms with Crippen molar-refractivity contribution >= 4 is 5.78 Å². The summed E-state index contributed by atoms with van der Waals surface area (Å²) in [6.07, 6.45) is 0.173. The molecule has 0 bridgehead atoms. The molecule has 2 aromatic rings. The van der Waals surface area contributed by atoms with Crippen LogP contribution in [0.2, 0.25) is 0 Å². The number of aryl methyl sites for hydroxylation is 2. The molecule has 1 heterocycles. The monoisotopic (exact) mass is 282 g/mol. The smallest absolute Gasteiger partial charge is 0.197 e. The Morgan fingerprint density at radius 2 is 1.95 bits per heavy atom. The zero-order valence-corrected chi connectivity index (χ0v) is 12.3. The van der Waals surface area contributed by atoms with Crippen molar-refractivity contribution < 1.29 is 14.3 Å². The summed E-state index contributed by atoms with van der Waals surface area (Å²) in [5.74, 6) is 0.638. The van der Waals surface area contributed by atoms with Crippen LogP contribution in [0.5, 0.6) is 5.75 Å². The summed E-state index contributed by atoms with van der Waals surface area (Å²) >= 11 is 0. The van der Waals surface area contributed by atoms with Crippen LogP contribution in [0, 0.1) is 13.8 Å². The number of ether oxygens (including phenoxy) is 2. The first kappa shape index (κ1) is 13.8. The number of carbonyl (C=O) groups excluding carboxylic acids is 1. The van der Waals surface area contributed by atoms with Crippen LogP contribution in [-0.4, -0.2) is 25.1 Å². The number of hydrogen-bond acceptors (Lipinski definition) is 3. The number of epoxide rings is 1. The van der Waals surface area contributed by atoms with Crippen molar-refractivity contribution in [3.63, 3.8) is 0 Å². The average molecular weight is 282 g/mol. The fourth-order valence-corrected chi connectivity index (χ4v) is 2.26. The molecule has 0 radical (unpaired) electrons. The molecule has 108 valence electrons. The predicted octanol–water partition coefficient (Wildman–Crippen LogP) is 3.31. The Hall–Kier alpha value is -2.13. The van der Waals surface area contributed by atoms with Crippen LogP contribution in [0.4, 0.5) is 0 Å². The number of ketones is 1. The van der Waals surface area contributed by atoms with Gasteiger partial charge in [0.1, 0.15) is 18.5 Å². The molecule has 0 aromatic heterocycles. The van der Waals surface area contributed by atoms with E-state index in [1.807, 2.05) is 56.3 Å². The Morgan fingerprint density at radius 1 is 1.19 bits per heavy atom. The van der Waals surface area contributed by atoms with E-state index in [1.54, 1.807) is 0 Å². The minimum absolute atomic E-state index is 0.000171. The second kappa shape index (κ2) is 5.70. The fraction of sp³-hybridized carbons (Fsp3) is 0.278. The minimum atomic E-state index is -0.000171. The van der Waals surface area contributed by atoms with E-state index < -0.39 is 0 Å². The maximum atomic E-state index is 12.7. The molecule has 3 nitrogen and oxygen atoms in total. The Bertz CT molecular complexity index is 672. The van der Waals surface area contributed by atoms with Crippen LogP contribution in [0.1, 0.15) is 27.0 Å². The summed E-state index contributed by atoms with van der Waals surface area (Å²) < 4.78 is 10.9. The third kappa shape index (κ3) is 3.14. The molecule has 0 amide bonds. The maximum Gasteiger partial charge on any atom is 0.197 e. The van der Waals surface area contributed by atoms with Gasteiger partial charge in [-0.3, -0.25) is 4.79 Å². The lowest BCUT2D eigenvalue weighted by molar-refractivity contribution is 0.103. The third-order valence-electron chi connectivity index (χ3n) is 3.60. The van der Waals surface area contributed by atoms with Crippen molar-refractivity contribution in [2.24, 2.45) is 0 Å². The van der Waals surface area contributed by atoms with Gasteiger partial charge < -0.3 is 9.47 Å². The topological polar surface area (TPSA) is 38.8 Å². The molecule has 3 heteroatoms. The van der Waals surface area contributed by atoms with E-state index in [0.717, 1.165) is 17.7 Å². The highest BCUT2D eigenvalue weighted by molar-refractivity contribution is 6.11. The van der Waals surface area contributed by atoms with Crippen LogP contribution in [-0.2, 0) is 4.74 Å². The van der Waals surface area contributed by atoms with Gasteiger partial charge in [-0.2, -0.15) is 0 Å². The molecule has 0 spiro atoms. The van der Waals surface area contributed by atoms with E-state index in [4.69, 9.17) is 9.47 Å². The molecule has 1 saturated heterocycles. The van der Waals surface area contributed by atoms with Crippen molar-refractivity contribution in [1.82, 2.24) is 0 Å². The zero-order chi connectivity index (χ0) is 14.8. The molecule has 21 heavy (non-hydrogen) atoms. The highest BCUT2D eigenvalue weighted by atomic mass is 16.6. The van der Waals surface area contributed by atoms with Gasteiger partial charge in [0.25, 0.3) is 0 Å². The molecule has 1 aliphatic rings. The largest absolute Gasteiger partial charge is 0.490 e. The van der Waals surface area contributed by atoms with Gasteiger partial charge in [-0.15, -0.1) is 0 Å². The number of carbonyl (C=O) groups is 1. The average Bonchev–Trinajstić information content (AvgIpc) is 3.29. The standard InChI is InChI=1S/C18H18O3/c1-12-7-8-16(17(9-12)21-11-14-10-20-14)18(19)15-6-4-3-5-13(15)2/h3-9,14H,10-11H2,1-2H3. The molecule has 1 unspecified atom stereocenters. The second-order valence-corrected chi connectivity index (χ2v) is 5.41. The maximum absolute atomic E-state index is 12.7. The van der Waals surface area contributed by atoms with Gasteiger partial charge in [-0.05, 0) is 37.1 Å². The molecule has 3 rings (SSSR count). The Kier molecular flexibility index (Phi) is 3.76. The summed E-state index contributed by atoms with van der Waals surface area (Å²) in [4.78, 5) is 12.7. The molecule has 0 N–H and O–H groups in total. The van der Waals surface area contributed by atoms with E-state index >= 15 is 0 Å². The van der Waals surface area contributed by atoms with Gasteiger partial charge in [0.15, 0.2) is 5.78 Å². The van der Waals surface area contributed by atoms with Crippen molar-refractivity contribution in [2.75, 3.05) is 13.2 Å². The summed E-state index contributed by atoms with van der Waals surface area (Å²) in [6, 6.07) is 13.3. The van der Waals surface area contributed by atoms with E-state index in [1.165, 1.54) is 0 Å². The van der Waals surface area contributed by atoms with E-state index in [0.29, 0.717) is 23.5 Å². The lowest BCUT2D eigenvalue weighted by Gasteiger charge is -2.12. The van der Waals surface area contributed by atoms with Gasteiger partial charge in [0.2, 0.25) is 0 Å². The summed E-state index contributed by atoms with van der Waals surface area (Å²) in [5.41, 5.74) is 3.37. The van der Waals surface area contributed by atoms with Crippen LogP contribution < -0.4 is 4.74 Å². The van der Waals surface area contributed by atoms with Crippen molar-refractivity contribution in [3.8, 4) is 5.75 Å². The zero-order valence-electron chi connectivity index (χ0n) is 12.3. The van der Waals surface area contributed by atoms with Gasteiger partial charge >= 0.3 is 0 Å². The second-order valence-electron chi connectivity index (χ2n) is 5.41. The third-order valence-corrected chi connectivity index (χ3v) is 3.60. The molecule has 1 aliphatic heterocycles. The fourth-order valence-electron chi connectivity index (χ4n) is 2.26. The first-order valence-electron chi connectivity index (χ1n) is 7.10. The molecule has 2 aromatic carbocycles. The summed E-state index contributed by atoms with van der Waals surface area (Å²) in [5, 5.41) is 0. The van der Waals surface area contributed by atoms with Gasteiger partial charge in [0.05, 0.1) is 12.2 Å². The highest BCUT2D eigenvalue weighted by Gasteiger charge is 2.24. The van der Waals surface area contributed by atoms with E-state index in [9.17, 15) is 4.79 Å².